The molecule has 1 aromatic carbocycles. The van der Waals surface area contributed by atoms with Crippen molar-refractivity contribution in [3.63, 3.8) is 0 Å². The van der Waals surface area contributed by atoms with Crippen molar-refractivity contribution in [2.24, 2.45) is 5.92 Å². The van der Waals surface area contributed by atoms with Crippen molar-refractivity contribution >= 4 is 33.4 Å². The van der Waals surface area contributed by atoms with E-state index in [0.29, 0.717) is 31.0 Å². The molecule has 0 spiro atoms. The quantitative estimate of drug-likeness (QED) is 0.730. The molecule has 0 radical (unpaired) electrons. The Labute approximate surface area is 168 Å². The molecule has 158 valence electrons. The van der Waals surface area contributed by atoms with Crippen molar-refractivity contribution in [2.75, 3.05) is 48.8 Å². The minimum Gasteiger partial charge on any atom is -0.442 e. The van der Waals surface area contributed by atoms with E-state index in [9.17, 15) is 22.4 Å². The van der Waals surface area contributed by atoms with Gasteiger partial charge in [0.25, 0.3) is 0 Å². The van der Waals surface area contributed by atoms with E-state index < -0.39 is 28.0 Å². The van der Waals surface area contributed by atoms with Crippen LogP contribution in [-0.4, -0.2) is 75.8 Å². The molecule has 0 saturated carbocycles. The summed E-state index contributed by atoms with van der Waals surface area (Å²) in [5, 5.41) is 2.60. The van der Waals surface area contributed by atoms with Gasteiger partial charge in [0, 0.05) is 38.5 Å². The zero-order chi connectivity index (χ0) is 20.9. The molecule has 0 aliphatic carbocycles. The van der Waals surface area contributed by atoms with E-state index in [1.54, 1.807) is 12.1 Å². The summed E-state index contributed by atoms with van der Waals surface area (Å²) in [5.41, 5.74) is 0.764. The maximum atomic E-state index is 14.8. The van der Waals surface area contributed by atoms with Crippen LogP contribution in [0.5, 0.6) is 0 Å². The summed E-state index contributed by atoms with van der Waals surface area (Å²) in [6, 6.07) is 4.42. The van der Waals surface area contributed by atoms with E-state index in [0.717, 1.165) is 0 Å². The van der Waals surface area contributed by atoms with Crippen LogP contribution < -0.4 is 15.1 Å². The fourth-order valence-electron chi connectivity index (χ4n) is 4.18. The summed E-state index contributed by atoms with van der Waals surface area (Å²) >= 11 is 0. The highest BCUT2D eigenvalue weighted by Gasteiger charge is 2.49. The van der Waals surface area contributed by atoms with Gasteiger partial charge in [0.15, 0.2) is 0 Å². The molecular weight excluding hydrogens is 403 g/mol. The standard InChI is InChI=1S/C18H23FN4O5S/c1-11(24)20-6-14-9-22(18(25)28-14)13-3-4-16(15(19)5-13)21-7-12-8-23(17(12)10-21)29(2,26)27/h3-5,12,14,17H,6-10H2,1-2H3,(H,20,24)/t12-,14+,17-/m1/s1. The van der Waals surface area contributed by atoms with Gasteiger partial charge in [-0.05, 0) is 18.2 Å². The molecule has 0 aromatic heterocycles. The first kappa shape index (κ1) is 19.9. The summed E-state index contributed by atoms with van der Waals surface area (Å²) in [6.45, 7) is 3.30. The van der Waals surface area contributed by atoms with E-state index in [-0.39, 0.29) is 31.0 Å². The molecule has 0 bridgehead atoms. The SMILES string of the molecule is CC(=O)NC[C@H]1CN(c2ccc(N3C[C@@H]4CN(S(C)(=O)=O)[C@@H]4C3)c(F)c2)C(=O)O1. The number of nitrogens with one attached hydrogen (secondary N) is 1. The Balaban J connectivity index is 1.44. The summed E-state index contributed by atoms with van der Waals surface area (Å²) in [5.74, 6) is -0.497. The number of fused-ring (bicyclic) bond motifs is 1. The fourth-order valence-corrected chi connectivity index (χ4v) is 5.38. The Kier molecular flexibility index (Phi) is 4.89. The van der Waals surface area contributed by atoms with E-state index >= 15 is 0 Å². The predicted octanol–water partition coefficient (Wildman–Crippen LogP) is 0.367. The normalized spacial score (nSPS) is 26.9. The fraction of sp³-hybridized carbons (Fsp3) is 0.556. The number of sulfonamides is 1. The zero-order valence-electron chi connectivity index (χ0n) is 16.2. The van der Waals surface area contributed by atoms with Crippen molar-refractivity contribution in [1.82, 2.24) is 9.62 Å². The lowest BCUT2D eigenvalue weighted by molar-refractivity contribution is -0.119. The zero-order valence-corrected chi connectivity index (χ0v) is 17.0. The van der Waals surface area contributed by atoms with Gasteiger partial charge in [-0.1, -0.05) is 0 Å². The van der Waals surface area contributed by atoms with Crippen molar-refractivity contribution in [3.8, 4) is 0 Å². The third kappa shape index (κ3) is 3.76. The average molecular weight is 426 g/mol. The third-order valence-electron chi connectivity index (χ3n) is 5.65. The van der Waals surface area contributed by atoms with E-state index in [4.69, 9.17) is 4.74 Å². The van der Waals surface area contributed by atoms with Crippen LogP contribution in [0.2, 0.25) is 0 Å². The smallest absolute Gasteiger partial charge is 0.414 e. The lowest BCUT2D eigenvalue weighted by Gasteiger charge is -2.40. The number of halogens is 1. The number of cyclic esters (lactones) is 1. The lowest BCUT2D eigenvalue weighted by Crippen LogP contribution is -2.57. The second-order valence-corrected chi connectivity index (χ2v) is 9.69. The predicted molar refractivity (Wildman–Crippen MR) is 104 cm³/mol. The number of hydrogen-bond acceptors (Lipinski definition) is 6. The molecule has 3 atom stereocenters. The maximum Gasteiger partial charge on any atom is 0.414 e. The highest BCUT2D eigenvalue weighted by Crippen LogP contribution is 2.38. The van der Waals surface area contributed by atoms with Crippen LogP contribution in [-0.2, 0) is 19.6 Å². The molecule has 3 fully saturated rings. The van der Waals surface area contributed by atoms with Gasteiger partial charge in [-0.3, -0.25) is 9.69 Å². The number of anilines is 2. The number of hydrogen-bond donors (Lipinski definition) is 1. The number of rotatable bonds is 5. The van der Waals surface area contributed by atoms with Gasteiger partial charge in [-0.25, -0.2) is 17.6 Å². The molecular formula is C18H23FN4O5S. The van der Waals surface area contributed by atoms with Crippen LogP contribution in [0.3, 0.4) is 0 Å². The van der Waals surface area contributed by atoms with Gasteiger partial charge in [0.2, 0.25) is 15.9 Å². The average Bonchev–Trinajstić information content (AvgIpc) is 3.12. The first-order chi connectivity index (χ1) is 13.6. The van der Waals surface area contributed by atoms with Crippen molar-refractivity contribution in [1.29, 1.82) is 0 Å². The molecule has 3 aliphatic heterocycles. The number of carbonyl (C=O) groups excluding carboxylic acids is 2. The Morgan fingerprint density at radius 1 is 1.28 bits per heavy atom. The first-order valence-electron chi connectivity index (χ1n) is 9.37. The van der Waals surface area contributed by atoms with Crippen LogP contribution in [0.15, 0.2) is 18.2 Å². The lowest BCUT2D eigenvalue weighted by atomic mass is 9.96. The molecule has 3 aliphatic rings. The van der Waals surface area contributed by atoms with E-state index in [2.05, 4.69) is 5.32 Å². The number of nitrogens with zero attached hydrogens (tertiary/aromatic N) is 3. The van der Waals surface area contributed by atoms with Gasteiger partial charge in [-0.2, -0.15) is 4.31 Å². The molecule has 29 heavy (non-hydrogen) atoms. The van der Waals surface area contributed by atoms with Crippen LogP contribution in [0.1, 0.15) is 6.92 Å². The van der Waals surface area contributed by atoms with Crippen molar-refractivity contribution in [2.45, 2.75) is 19.1 Å². The van der Waals surface area contributed by atoms with E-state index in [1.165, 1.54) is 28.5 Å². The minimum atomic E-state index is -3.25. The molecule has 2 amide bonds. The summed E-state index contributed by atoms with van der Waals surface area (Å²) in [6.07, 6.45) is 0.108. The minimum absolute atomic E-state index is 0.118. The number of benzene rings is 1. The van der Waals surface area contributed by atoms with Crippen LogP contribution in [0.4, 0.5) is 20.6 Å². The molecule has 0 unspecified atom stereocenters. The Hall–Kier alpha value is -2.40. The molecule has 11 heteroatoms. The highest BCUT2D eigenvalue weighted by atomic mass is 32.2. The monoisotopic (exact) mass is 426 g/mol. The number of carbonyl (C=O) groups is 2. The third-order valence-corrected chi connectivity index (χ3v) is 6.93. The molecule has 4 rings (SSSR count). The Morgan fingerprint density at radius 2 is 2.03 bits per heavy atom. The van der Waals surface area contributed by atoms with Crippen LogP contribution in [0, 0.1) is 11.7 Å². The van der Waals surface area contributed by atoms with Gasteiger partial charge in [0.05, 0.1) is 30.7 Å². The second-order valence-electron chi connectivity index (χ2n) is 7.75. The van der Waals surface area contributed by atoms with Gasteiger partial charge in [-0.15, -0.1) is 0 Å². The summed E-state index contributed by atoms with van der Waals surface area (Å²) < 4.78 is 45.0. The molecule has 1 aromatic rings. The summed E-state index contributed by atoms with van der Waals surface area (Å²) in [7, 11) is -3.25. The topological polar surface area (TPSA) is 99.3 Å². The van der Waals surface area contributed by atoms with Gasteiger partial charge in [0.1, 0.15) is 11.9 Å². The van der Waals surface area contributed by atoms with Gasteiger partial charge >= 0.3 is 6.09 Å². The van der Waals surface area contributed by atoms with E-state index in [1.807, 2.05) is 4.90 Å². The van der Waals surface area contributed by atoms with Crippen molar-refractivity contribution < 1.29 is 27.1 Å². The second kappa shape index (κ2) is 7.13. The summed E-state index contributed by atoms with van der Waals surface area (Å²) in [4.78, 5) is 26.3. The highest BCUT2D eigenvalue weighted by molar-refractivity contribution is 7.88. The Morgan fingerprint density at radius 3 is 2.69 bits per heavy atom. The number of ether oxygens (including phenoxy) is 1. The number of amides is 2. The van der Waals surface area contributed by atoms with Crippen LogP contribution in [0.25, 0.3) is 0 Å². The molecule has 3 saturated heterocycles. The molecule has 1 N–H and O–H groups in total. The molecule has 9 nitrogen and oxygen atoms in total. The van der Waals surface area contributed by atoms with Crippen molar-refractivity contribution in [3.05, 3.63) is 24.0 Å². The largest absolute Gasteiger partial charge is 0.442 e. The maximum absolute atomic E-state index is 14.8. The molecule has 3 heterocycles. The van der Waals surface area contributed by atoms with Gasteiger partial charge < -0.3 is 15.0 Å². The first-order valence-corrected chi connectivity index (χ1v) is 11.2. The Bertz CT molecular complexity index is 956. The van der Waals surface area contributed by atoms with Crippen LogP contribution >= 0.6 is 0 Å².